The van der Waals surface area contributed by atoms with Gasteiger partial charge in [0.25, 0.3) is 0 Å². The minimum absolute atomic E-state index is 0.0931. The van der Waals surface area contributed by atoms with Crippen molar-refractivity contribution in [1.29, 1.82) is 0 Å². The van der Waals surface area contributed by atoms with Crippen LogP contribution in [0, 0.1) is 13.8 Å². The Bertz CT molecular complexity index is 1180. The van der Waals surface area contributed by atoms with E-state index >= 15 is 0 Å². The first-order chi connectivity index (χ1) is 18.0. The molecular weight excluding hydrogens is 468 g/mol. The molecule has 1 aliphatic carbocycles. The number of aryl methyl sites for hydroxylation is 2. The number of likely N-dealkylation sites (tertiary alicyclic amines) is 1. The van der Waals surface area contributed by atoms with Crippen molar-refractivity contribution in [2.24, 2.45) is 10.7 Å². The molecule has 2 aliphatic rings. The van der Waals surface area contributed by atoms with E-state index in [-0.39, 0.29) is 11.6 Å². The third-order valence-electron chi connectivity index (χ3n) is 6.58. The molecule has 1 saturated heterocycles. The monoisotopic (exact) mass is 504 g/mol. The zero-order valence-electron chi connectivity index (χ0n) is 21.4. The number of nitrogens with one attached hydrogen (secondary N) is 3. The fraction of sp³-hybridized carbons (Fsp3) is 0.321. The van der Waals surface area contributed by atoms with Gasteiger partial charge in [-0.1, -0.05) is 24.3 Å². The quantitative estimate of drug-likeness (QED) is 0.161. The Hall–Kier alpha value is -3.79. The number of ether oxygens (including phenoxy) is 1. The van der Waals surface area contributed by atoms with Gasteiger partial charge in [0.05, 0.1) is 17.1 Å². The summed E-state index contributed by atoms with van der Waals surface area (Å²) < 4.78 is 5.96. The van der Waals surface area contributed by atoms with Gasteiger partial charge in [-0.15, -0.1) is 0 Å². The van der Waals surface area contributed by atoms with Crippen LogP contribution >= 0.6 is 0 Å². The van der Waals surface area contributed by atoms with E-state index < -0.39 is 0 Å². The number of rotatable bonds is 9. The molecule has 0 aromatic heterocycles. The Morgan fingerprint density at radius 3 is 2.38 bits per heavy atom. The van der Waals surface area contributed by atoms with Crippen LogP contribution in [-0.2, 0) is 4.74 Å². The molecule has 1 aliphatic heterocycles. The number of nitrogens with zero attached hydrogens (tertiary/aromatic N) is 2. The summed E-state index contributed by atoms with van der Waals surface area (Å²) in [5.74, 6) is 0.985. The molecule has 0 unspecified atom stereocenters. The number of allylic oxidation sites excluding steroid dienone is 4. The Morgan fingerprint density at radius 2 is 1.73 bits per heavy atom. The van der Waals surface area contributed by atoms with Gasteiger partial charge < -0.3 is 15.8 Å². The molecular formula is C28H36N6O3. The standard InChI is InChI=1S/C28H36N6O3/c1-19-7-5-8-20(2)26(19)21-17-24(32-35)27(25(18-21)33-36)31-28(29)30-22-9-6-10-23(12-11-22)37-16-15-34-13-3-4-14-34/h5-9,11-12,17-18,32-33,35-36H,3-4,10,13-16H2,1-2H3,(H3,29,30,31). The minimum atomic E-state index is 0.0931. The highest BCUT2D eigenvalue weighted by atomic mass is 16.5. The maximum atomic E-state index is 9.85. The fourth-order valence-electron chi connectivity index (χ4n) is 4.75. The molecule has 7 N–H and O–H groups in total. The van der Waals surface area contributed by atoms with Crippen LogP contribution in [0.5, 0.6) is 0 Å². The van der Waals surface area contributed by atoms with Crippen molar-refractivity contribution in [3.8, 4) is 11.1 Å². The predicted molar refractivity (Wildman–Crippen MR) is 148 cm³/mol. The topological polar surface area (TPSA) is 127 Å². The number of benzene rings is 2. The smallest absolute Gasteiger partial charge is 0.198 e. The first-order valence-corrected chi connectivity index (χ1v) is 12.6. The maximum Gasteiger partial charge on any atom is 0.198 e. The lowest BCUT2D eigenvalue weighted by molar-refractivity contribution is 0.168. The molecule has 4 rings (SSSR count). The second kappa shape index (κ2) is 12.4. The van der Waals surface area contributed by atoms with Crippen LogP contribution in [0.15, 0.2) is 71.1 Å². The molecule has 9 heteroatoms. The van der Waals surface area contributed by atoms with Crippen LogP contribution in [0.3, 0.4) is 0 Å². The summed E-state index contributed by atoms with van der Waals surface area (Å²) >= 11 is 0. The maximum absolute atomic E-state index is 9.85. The molecule has 1 fully saturated rings. The van der Waals surface area contributed by atoms with Crippen molar-refractivity contribution in [2.75, 3.05) is 37.2 Å². The summed E-state index contributed by atoms with van der Waals surface area (Å²) in [5.41, 5.74) is 16.1. The van der Waals surface area contributed by atoms with Crippen molar-refractivity contribution in [2.45, 2.75) is 33.1 Å². The molecule has 0 saturated carbocycles. The van der Waals surface area contributed by atoms with Crippen molar-refractivity contribution < 1.29 is 15.2 Å². The number of hydrogen-bond donors (Lipinski definition) is 6. The lowest BCUT2D eigenvalue weighted by atomic mass is 9.94. The minimum Gasteiger partial charge on any atom is -0.496 e. The zero-order valence-corrected chi connectivity index (χ0v) is 21.4. The van der Waals surface area contributed by atoms with E-state index in [1.807, 2.05) is 56.4 Å². The first-order valence-electron chi connectivity index (χ1n) is 12.6. The second-order valence-corrected chi connectivity index (χ2v) is 9.29. The van der Waals surface area contributed by atoms with Crippen molar-refractivity contribution in [1.82, 2.24) is 10.2 Å². The summed E-state index contributed by atoms with van der Waals surface area (Å²) in [6.45, 7) is 7.96. The molecule has 0 spiro atoms. The molecule has 9 nitrogen and oxygen atoms in total. The van der Waals surface area contributed by atoms with Crippen molar-refractivity contribution in [3.63, 3.8) is 0 Å². The van der Waals surface area contributed by atoms with Gasteiger partial charge >= 0.3 is 0 Å². The Balaban J connectivity index is 1.50. The van der Waals surface area contributed by atoms with Crippen LogP contribution < -0.4 is 22.0 Å². The van der Waals surface area contributed by atoms with Crippen LogP contribution in [0.4, 0.5) is 17.1 Å². The summed E-state index contributed by atoms with van der Waals surface area (Å²) in [6, 6.07) is 9.55. The predicted octanol–water partition coefficient (Wildman–Crippen LogP) is 4.95. The van der Waals surface area contributed by atoms with Gasteiger partial charge in [-0.05, 0) is 92.4 Å². The van der Waals surface area contributed by atoms with E-state index in [0.29, 0.717) is 24.4 Å². The largest absolute Gasteiger partial charge is 0.496 e. The van der Waals surface area contributed by atoms with Gasteiger partial charge in [0.2, 0.25) is 0 Å². The van der Waals surface area contributed by atoms with E-state index in [9.17, 15) is 10.4 Å². The lowest BCUT2D eigenvalue weighted by Crippen LogP contribution is -2.30. The van der Waals surface area contributed by atoms with E-state index in [0.717, 1.165) is 53.3 Å². The highest BCUT2D eigenvalue weighted by molar-refractivity contribution is 5.92. The average Bonchev–Trinajstić information content (AvgIpc) is 3.31. The number of nitrogens with two attached hydrogens (primary N) is 1. The Kier molecular flexibility index (Phi) is 8.84. The summed E-state index contributed by atoms with van der Waals surface area (Å²) in [7, 11) is 0. The first kappa shape index (κ1) is 26.3. The van der Waals surface area contributed by atoms with Gasteiger partial charge in [0.15, 0.2) is 5.96 Å². The van der Waals surface area contributed by atoms with E-state index in [2.05, 4.69) is 26.2 Å². The molecule has 2 aromatic carbocycles. The molecule has 196 valence electrons. The molecule has 37 heavy (non-hydrogen) atoms. The number of anilines is 2. The third kappa shape index (κ3) is 6.71. The molecule has 1 heterocycles. The molecule has 2 aromatic rings. The summed E-state index contributed by atoms with van der Waals surface area (Å²) in [4.78, 5) is 6.85. The second-order valence-electron chi connectivity index (χ2n) is 9.29. The van der Waals surface area contributed by atoms with E-state index in [4.69, 9.17) is 10.5 Å². The molecule has 0 atom stereocenters. The normalized spacial score (nSPS) is 16.2. The summed E-state index contributed by atoms with van der Waals surface area (Å²) in [6.07, 6.45) is 11.0. The van der Waals surface area contributed by atoms with Crippen molar-refractivity contribution in [3.05, 3.63) is 77.2 Å². The van der Waals surface area contributed by atoms with Gasteiger partial charge in [-0.2, -0.15) is 0 Å². The number of aliphatic imine (C=N–C) groups is 1. The van der Waals surface area contributed by atoms with Gasteiger partial charge in [0.1, 0.15) is 12.3 Å². The van der Waals surface area contributed by atoms with Crippen LogP contribution in [0.2, 0.25) is 0 Å². The SMILES string of the molecule is Cc1cccc(C)c1-c1cc(NO)c(N=C(N)NC2=CC=C(OCCN3CCCC3)CC=C2)c(NO)c1. The number of hydrogen-bond acceptors (Lipinski definition) is 7. The number of guanidine groups is 1. The summed E-state index contributed by atoms with van der Waals surface area (Å²) in [5, 5.41) is 22.8. The highest BCUT2D eigenvalue weighted by Crippen LogP contribution is 2.40. The van der Waals surface area contributed by atoms with Crippen LogP contribution in [0.1, 0.15) is 30.4 Å². The molecule has 0 radical (unpaired) electrons. The highest BCUT2D eigenvalue weighted by Gasteiger charge is 2.15. The van der Waals surface area contributed by atoms with Gasteiger partial charge in [-0.3, -0.25) is 26.3 Å². The van der Waals surface area contributed by atoms with Crippen molar-refractivity contribution >= 4 is 23.0 Å². The third-order valence-corrected chi connectivity index (χ3v) is 6.58. The Labute approximate surface area is 218 Å². The lowest BCUT2D eigenvalue weighted by Gasteiger charge is -2.16. The average molecular weight is 505 g/mol. The zero-order chi connectivity index (χ0) is 26.2. The van der Waals surface area contributed by atoms with E-state index in [1.54, 1.807) is 12.1 Å². The van der Waals surface area contributed by atoms with E-state index in [1.165, 1.54) is 12.8 Å². The van der Waals surface area contributed by atoms with Gasteiger partial charge in [-0.25, -0.2) is 4.99 Å². The Morgan fingerprint density at radius 1 is 1.05 bits per heavy atom. The van der Waals surface area contributed by atoms with Gasteiger partial charge in [0, 0.05) is 18.7 Å². The van der Waals surface area contributed by atoms with Crippen LogP contribution in [0.25, 0.3) is 11.1 Å². The fourth-order valence-corrected chi connectivity index (χ4v) is 4.75. The van der Waals surface area contributed by atoms with Crippen LogP contribution in [-0.4, -0.2) is 47.5 Å². The molecule has 0 bridgehead atoms. The molecule has 0 amide bonds.